The quantitative estimate of drug-likeness (QED) is 0.739. The van der Waals surface area contributed by atoms with Gasteiger partial charge in [-0.3, -0.25) is 0 Å². The third-order valence-corrected chi connectivity index (χ3v) is 3.15. The van der Waals surface area contributed by atoms with Gasteiger partial charge in [0.05, 0.1) is 5.52 Å². The van der Waals surface area contributed by atoms with Gasteiger partial charge in [0.2, 0.25) is 5.28 Å². The Bertz CT molecular complexity index is 761. The Morgan fingerprint density at radius 1 is 1.00 bits per heavy atom. The summed E-state index contributed by atoms with van der Waals surface area (Å²) in [6.07, 6.45) is 0. The number of nitrogens with one attached hydrogen (secondary N) is 1. The number of benzene rings is 2. The average molecular weight is 288 g/mol. The Kier molecular flexibility index (Phi) is 3.48. The highest BCUT2D eigenvalue weighted by Crippen LogP contribution is 2.22. The predicted molar refractivity (Wildman–Crippen MR) is 78.3 cm³/mol. The zero-order valence-corrected chi connectivity index (χ0v) is 11.2. The van der Waals surface area contributed by atoms with Crippen molar-refractivity contribution in [3.8, 4) is 0 Å². The first-order chi connectivity index (χ1) is 9.74. The number of hydrogen-bond acceptors (Lipinski definition) is 3. The van der Waals surface area contributed by atoms with Crippen LogP contribution in [0.1, 0.15) is 5.56 Å². The van der Waals surface area contributed by atoms with E-state index in [9.17, 15) is 4.39 Å². The van der Waals surface area contributed by atoms with Crippen LogP contribution in [0.2, 0.25) is 5.28 Å². The van der Waals surface area contributed by atoms with Gasteiger partial charge in [-0.25, -0.2) is 14.4 Å². The minimum absolute atomic E-state index is 0.166. The molecule has 0 spiro atoms. The van der Waals surface area contributed by atoms with Crippen LogP contribution in [-0.4, -0.2) is 9.97 Å². The molecule has 0 radical (unpaired) electrons. The van der Waals surface area contributed by atoms with Crippen LogP contribution in [0, 0.1) is 5.82 Å². The second-order valence-electron chi connectivity index (χ2n) is 4.30. The molecule has 20 heavy (non-hydrogen) atoms. The third-order valence-electron chi connectivity index (χ3n) is 2.98. The van der Waals surface area contributed by atoms with Gasteiger partial charge in [-0.2, -0.15) is 0 Å². The lowest BCUT2D eigenvalue weighted by atomic mass is 10.2. The maximum atomic E-state index is 13.6. The highest BCUT2D eigenvalue weighted by molar-refractivity contribution is 6.28. The normalized spacial score (nSPS) is 10.7. The first-order valence-corrected chi connectivity index (χ1v) is 6.51. The molecule has 3 aromatic rings. The topological polar surface area (TPSA) is 37.8 Å². The van der Waals surface area contributed by atoms with Crippen LogP contribution in [0.15, 0.2) is 48.5 Å². The van der Waals surface area contributed by atoms with Crippen LogP contribution in [0.25, 0.3) is 10.9 Å². The standard InChI is InChI=1S/C15H11ClFN3/c16-15-19-13-8-4-2-6-11(13)14(20-15)18-9-10-5-1-3-7-12(10)17/h1-8H,9H2,(H,18,19,20). The third kappa shape index (κ3) is 2.56. The molecule has 0 unspecified atom stereocenters. The fraction of sp³-hybridized carbons (Fsp3) is 0.0667. The van der Waals surface area contributed by atoms with Gasteiger partial charge < -0.3 is 5.32 Å². The van der Waals surface area contributed by atoms with Crippen molar-refractivity contribution in [2.45, 2.75) is 6.54 Å². The Morgan fingerprint density at radius 3 is 2.60 bits per heavy atom. The maximum absolute atomic E-state index is 13.6. The monoisotopic (exact) mass is 287 g/mol. The van der Waals surface area contributed by atoms with Gasteiger partial charge in [-0.05, 0) is 29.8 Å². The summed E-state index contributed by atoms with van der Waals surface area (Å²) in [4.78, 5) is 8.32. The van der Waals surface area contributed by atoms with Gasteiger partial charge in [0, 0.05) is 17.5 Å². The summed E-state index contributed by atoms with van der Waals surface area (Å²) in [5, 5.41) is 4.13. The van der Waals surface area contributed by atoms with Crippen molar-refractivity contribution in [1.29, 1.82) is 0 Å². The smallest absolute Gasteiger partial charge is 0.224 e. The molecule has 1 N–H and O–H groups in total. The summed E-state index contributed by atoms with van der Waals surface area (Å²) in [6.45, 7) is 0.337. The average Bonchev–Trinajstić information content (AvgIpc) is 2.46. The van der Waals surface area contributed by atoms with E-state index in [1.807, 2.05) is 24.3 Å². The molecule has 1 aromatic heterocycles. The summed E-state index contributed by atoms with van der Waals surface area (Å²) in [5.74, 6) is 0.355. The summed E-state index contributed by atoms with van der Waals surface area (Å²) < 4.78 is 13.6. The molecule has 1 heterocycles. The Hall–Kier alpha value is -2.20. The molecule has 0 amide bonds. The molecule has 2 aromatic carbocycles. The number of nitrogens with zero attached hydrogens (tertiary/aromatic N) is 2. The van der Waals surface area contributed by atoms with Gasteiger partial charge >= 0.3 is 0 Å². The Morgan fingerprint density at radius 2 is 1.75 bits per heavy atom. The van der Waals surface area contributed by atoms with Crippen LogP contribution in [0.5, 0.6) is 0 Å². The minimum Gasteiger partial charge on any atom is -0.365 e. The Labute approximate surface area is 120 Å². The molecule has 0 aliphatic heterocycles. The van der Waals surface area contributed by atoms with E-state index in [-0.39, 0.29) is 11.1 Å². The second kappa shape index (κ2) is 5.43. The molecule has 3 nitrogen and oxygen atoms in total. The minimum atomic E-state index is -0.246. The largest absolute Gasteiger partial charge is 0.365 e. The molecule has 0 atom stereocenters. The number of hydrogen-bond donors (Lipinski definition) is 1. The molecule has 0 aliphatic carbocycles. The van der Waals surface area contributed by atoms with Crippen molar-refractivity contribution in [3.05, 3.63) is 65.2 Å². The molecule has 0 bridgehead atoms. The van der Waals surface area contributed by atoms with E-state index in [0.29, 0.717) is 17.9 Å². The molecule has 5 heteroatoms. The zero-order valence-electron chi connectivity index (χ0n) is 10.5. The van der Waals surface area contributed by atoms with Crippen molar-refractivity contribution < 1.29 is 4.39 Å². The summed E-state index contributed by atoms with van der Waals surface area (Å²) in [5.41, 5.74) is 1.33. The van der Waals surface area contributed by atoms with Crippen LogP contribution in [0.3, 0.4) is 0 Å². The van der Waals surface area contributed by atoms with Crippen molar-refractivity contribution in [3.63, 3.8) is 0 Å². The fourth-order valence-corrected chi connectivity index (χ4v) is 2.18. The molecule has 0 saturated heterocycles. The molecular formula is C15H11ClFN3. The van der Waals surface area contributed by atoms with Gasteiger partial charge in [-0.15, -0.1) is 0 Å². The summed E-state index contributed by atoms with van der Waals surface area (Å²) >= 11 is 5.90. The van der Waals surface area contributed by atoms with Crippen LogP contribution >= 0.6 is 11.6 Å². The van der Waals surface area contributed by atoms with E-state index in [0.717, 1.165) is 10.9 Å². The van der Waals surface area contributed by atoms with Crippen LogP contribution < -0.4 is 5.32 Å². The first-order valence-electron chi connectivity index (χ1n) is 6.13. The van der Waals surface area contributed by atoms with Gasteiger partial charge in [0.25, 0.3) is 0 Å². The SMILES string of the molecule is Fc1ccccc1CNc1nc(Cl)nc2ccccc12. The maximum Gasteiger partial charge on any atom is 0.224 e. The lowest BCUT2D eigenvalue weighted by Crippen LogP contribution is -2.04. The molecule has 0 saturated carbocycles. The summed E-state index contributed by atoms with van der Waals surface area (Å²) in [7, 11) is 0. The van der Waals surface area contributed by atoms with Crippen molar-refractivity contribution in [2.75, 3.05) is 5.32 Å². The molecule has 0 aliphatic rings. The molecule has 3 rings (SSSR count). The number of para-hydroxylation sites is 1. The summed E-state index contributed by atoms with van der Waals surface area (Å²) in [6, 6.07) is 14.2. The number of fused-ring (bicyclic) bond motifs is 1. The van der Waals surface area contributed by atoms with Gasteiger partial charge in [0.15, 0.2) is 0 Å². The number of anilines is 1. The van der Waals surface area contributed by atoms with E-state index in [1.54, 1.807) is 18.2 Å². The highest BCUT2D eigenvalue weighted by Gasteiger charge is 2.07. The van der Waals surface area contributed by atoms with E-state index in [4.69, 9.17) is 11.6 Å². The number of aromatic nitrogens is 2. The van der Waals surface area contributed by atoms with E-state index < -0.39 is 0 Å². The van der Waals surface area contributed by atoms with Crippen LogP contribution in [0.4, 0.5) is 10.2 Å². The molecule has 100 valence electrons. The Balaban J connectivity index is 1.93. The highest BCUT2D eigenvalue weighted by atomic mass is 35.5. The van der Waals surface area contributed by atoms with E-state index >= 15 is 0 Å². The number of rotatable bonds is 3. The zero-order chi connectivity index (χ0) is 13.9. The fourth-order valence-electron chi connectivity index (χ4n) is 2.00. The van der Waals surface area contributed by atoms with Gasteiger partial charge in [0.1, 0.15) is 11.6 Å². The van der Waals surface area contributed by atoms with Gasteiger partial charge in [-0.1, -0.05) is 30.3 Å². The van der Waals surface area contributed by atoms with Crippen molar-refractivity contribution in [1.82, 2.24) is 9.97 Å². The van der Waals surface area contributed by atoms with Crippen molar-refractivity contribution >= 4 is 28.3 Å². The van der Waals surface area contributed by atoms with E-state index in [1.165, 1.54) is 6.07 Å². The number of halogens is 2. The van der Waals surface area contributed by atoms with E-state index in [2.05, 4.69) is 15.3 Å². The van der Waals surface area contributed by atoms with Crippen molar-refractivity contribution in [2.24, 2.45) is 0 Å². The lowest BCUT2D eigenvalue weighted by Gasteiger charge is -2.09. The van der Waals surface area contributed by atoms with Crippen LogP contribution in [-0.2, 0) is 6.54 Å². The molecular weight excluding hydrogens is 277 g/mol. The lowest BCUT2D eigenvalue weighted by molar-refractivity contribution is 0.613. The molecule has 0 fully saturated rings. The second-order valence-corrected chi connectivity index (χ2v) is 4.64. The predicted octanol–water partition coefficient (Wildman–Crippen LogP) is 4.03. The first kappa shape index (κ1) is 12.8.